The van der Waals surface area contributed by atoms with E-state index in [1.807, 2.05) is 6.92 Å². The summed E-state index contributed by atoms with van der Waals surface area (Å²) in [6.45, 7) is 5.21. The summed E-state index contributed by atoms with van der Waals surface area (Å²) >= 11 is 1.20. The van der Waals surface area contributed by atoms with Crippen LogP contribution in [-0.2, 0) is 32.5 Å². The number of methoxy groups -OCH3 is 2. The first kappa shape index (κ1) is 27.6. The first-order valence-corrected chi connectivity index (χ1v) is 13.9. The Bertz CT molecular complexity index is 1220. The summed E-state index contributed by atoms with van der Waals surface area (Å²) < 4.78 is 37.0. The molecule has 196 valence electrons. The first-order valence-electron chi connectivity index (χ1n) is 11.6. The quantitative estimate of drug-likeness (QED) is 0.484. The molecule has 10 nitrogen and oxygen atoms in total. The van der Waals surface area contributed by atoms with Gasteiger partial charge in [-0.05, 0) is 42.7 Å². The Kier molecular flexibility index (Phi) is 9.09. The first-order chi connectivity index (χ1) is 17.2. The smallest absolute Gasteiger partial charge is 0.409 e. The standard InChI is InChI=1S/C24H31N3O7S2/c1-5-7-13-27(6-2)36(31,32)17-10-8-16(9-11-17)21(28)25-22-20(23(29)33-3)18-12-14-26(24(30)34-4)15-19(18)35-22/h8-11H,5-7,12-15H2,1-4H3,(H,25,28). The van der Waals surface area contributed by atoms with E-state index in [1.54, 1.807) is 6.92 Å². The van der Waals surface area contributed by atoms with Crippen molar-refractivity contribution in [3.8, 4) is 0 Å². The Hall–Kier alpha value is -2.96. The largest absolute Gasteiger partial charge is 0.465 e. The molecule has 2 aromatic rings. The van der Waals surface area contributed by atoms with Crippen molar-refractivity contribution in [2.75, 3.05) is 39.2 Å². The summed E-state index contributed by atoms with van der Waals surface area (Å²) in [4.78, 5) is 39.9. The molecule has 1 aromatic carbocycles. The van der Waals surface area contributed by atoms with Crippen LogP contribution in [0.5, 0.6) is 0 Å². The van der Waals surface area contributed by atoms with Gasteiger partial charge in [0.2, 0.25) is 10.0 Å². The van der Waals surface area contributed by atoms with Crippen LogP contribution >= 0.6 is 11.3 Å². The van der Waals surface area contributed by atoms with Gasteiger partial charge in [0.15, 0.2) is 0 Å². The van der Waals surface area contributed by atoms with E-state index >= 15 is 0 Å². The minimum atomic E-state index is -3.66. The van der Waals surface area contributed by atoms with Crippen LogP contribution < -0.4 is 5.32 Å². The van der Waals surface area contributed by atoms with Gasteiger partial charge in [-0.1, -0.05) is 20.3 Å². The Labute approximate surface area is 215 Å². The minimum absolute atomic E-state index is 0.113. The minimum Gasteiger partial charge on any atom is -0.465 e. The highest BCUT2D eigenvalue weighted by molar-refractivity contribution is 7.89. The number of fused-ring (bicyclic) bond motifs is 1. The van der Waals surface area contributed by atoms with Crippen molar-refractivity contribution in [2.45, 2.75) is 44.6 Å². The van der Waals surface area contributed by atoms with E-state index in [4.69, 9.17) is 9.47 Å². The predicted molar refractivity (Wildman–Crippen MR) is 136 cm³/mol. The Morgan fingerprint density at radius 3 is 2.39 bits per heavy atom. The molecule has 12 heteroatoms. The summed E-state index contributed by atoms with van der Waals surface area (Å²) in [7, 11) is -1.09. The van der Waals surface area contributed by atoms with Crippen molar-refractivity contribution in [3.05, 3.63) is 45.8 Å². The molecule has 0 atom stereocenters. The fraction of sp³-hybridized carbons (Fsp3) is 0.458. The van der Waals surface area contributed by atoms with Gasteiger partial charge in [-0.15, -0.1) is 11.3 Å². The molecular weight excluding hydrogens is 506 g/mol. The van der Waals surface area contributed by atoms with Gasteiger partial charge in [-0.2, -0.15) is 4.31 Å². The van der Waals surface area contributed by atoms with Gasteiger partial charge >= 0.3 is 12.1 Å². The second-order valence-corrected chi connectivity index (χ2v) is 11.2. The van der Waals surface area contributed by atoms with Crippen molar-refractivity contribution in [3.63, 3.8) is 0 Å². The number of carbonyl (C=O) groups is 3. The molecule has 0 spiro atoms. The van der Waals surface area contributed by atoms with E-state index in [2.05, 4.69) is 5.32 Å². The van der Waals surface area contributed by atoms with Gasteiger partial charge in [0, 0.05) is 30.1 Å². The molecule has 0 saturated heterocycles. The van der Waals surface area contributed by atoms with Gasteiger partial charge in [0.1, 0.15) is 5.00 Å². The number of sulfonamides is 1. The number of thiophene rings is 1. The highest BCUT2D eigenvalue weighted by Gasteiger charge is 2.31. The molecule has 1 aromatic heterocycles. The lowest BCUT2D eigenvalue weighted by Gasteiger charge is -2.25. The number of anilines is 1. The van der Waals surface area contributed by atoms with Crippen molar-refractivity contribution >= 4 is 44.3 Å². The summed E-state index contributed by atoms with van der Waals surface area (Å²) in [6, 6.07) is 5.71. The van der Waals surface area contributed by atoms with Crippen molar-refractivity contribution < 1.29 is 32.3 Å². The molecule has 1 aliphatic heterocycles. The van der Waals surface area contributed by atoms with E-state index in [0.29, 0.717) is 31.1 Å². The molecule has 0 aliphatic carbocycles. The molecule has 0 saturated carbocycles. The van der Waals surface area contributed by atoms with Crippen LogP contribution in [0.3, 0.4) is 0 Å². The molecule has 0 fully saturated rings. The number of hydrogen-bond acceptors (Lipinski definition) is 8. The molecule has 0 unspecified atom stereocenters. The molecule has 1 aliphatic rings. The third-order valence-corrected chi connectivity index (χ3v) is 9.10. The topological polar surface area (TPSA) is 122 Å². The van der Waals surface area contributed by atoms with Crippen LogP contribution in [0.4, 0.5) is 9.80 Å². The number of esters is 1. The Morgan fingerprint density at radius 1 is 1.11 bits per heavy atom. The maximum absolute atomic E-state index is 13.0. The van der Waals surface area contributed by atoms with E-state index in [9.17, 15) is 22.8 Å². The SMILES string of the molecule is CCCCN(CC)S(=O)(=O)c1ccc(C(=O)Nc2sc3c(c2C(=O)OC)CCN(C(=O)OC)C3)cc1. The zero-order valence-electron chi connectivity index (χ0n) is 20.8. The molecular formula is C24H31N3O7S2. The van der Waals surface area contributed by atoms with Gasteiger partial charge in [-0.3, -0.25) is 4.79 Å². The number of hydrogen-bond donors (Lipinski definition) is 1. The number of unbranched alkanes of at least 4 members (excludes halogenated alkanes) is 1. The van der Waals surface area contributed by atoms with Crippen molar-refractivity contribution in [2.24, 2.45) is 0 Å². The normalized spacial score (nSPS) is 13.3. The van der Waals surface area contributed by atoms with Gasteiger partial charge in [-0.25, -0.2) is 18.0 Å². The Balaban J connectivity index is 1.84. The van der Waals surface area contributed by atoms with E-state index in [-0.39, 0.29) is 22.6 Å². The number of amides is 2. The van der Waals surface area contributed by atoms with E-state index in [0.717, 1.165) is 23.3 Å². The lowest BCUT2D eigenvalue weighted by atomic mass is 10.0. The summed E-state index contributed by atoms with van der Waals surface area (Å²) in [5, 5.41) is 3.08. The molecule has 3 rings (SSSR count). The lowest BCUT2D eigenvalue weighted by Crippen LogP contribution is -2.35. The zero-order chi connectivity index (χ0) is 26.5. The summed E-state index contributed by atoms with van der Waals surface area (Å²) in [5.74, 6) is -1.08. The van der Waals surface area contributed by atoms with Gasteiger partial charge in [0.05, 0.1) is 31.2 Å². The number of benzene rings is 1. The predicted octanol–water partition coefficient (Wildman–Crippen LogP) is 3.72. The number of ether oxygens (including phenoxy) is 2. The van der Waals surface area contributed by atoms with Crippen LogP contribution in [0.1, 0.15) is 57.8 Å². The second kappa shape index (κ2) is 11.8. The maximum Gasteiger partial charge on any atom is 0.409 e. The van der Waals surface area contributed by atoms with Gasteiger partial charge in [0.25, 0.3) is 5.91 Å². The highest BCUT2D eigenvalue weighted by Crippen LogP contribution is 2.38. The third-order valence-electron chi connectivity index (χ3n) is 5.97. The highest BCUT2D eigenvalue weighted by atomic mass is 32.2. The molecule has 1 N–H and O–H groups in total. The molecule has 0 bridgehead atoms. The fourth-order valence-corrected chi connectivity index (χ4v) is 6.71. The third kappa shape index (κ3) is 5.71. The molecule has 36 heavy (non-hydrogen) atoms. The second-order valence-electron chi connectivity index (χ2n) is 8.17. The van der Waals surface area contributed by atoms with Crippen LogP contribution in [0.15, 0.2) is 29.2 Å². The zero-order valence-corrected chi connectivity index (χ0v) is 22.5. The lowest BCUT2D eigenvalue weighted by molar-refractivity contribution is 0.0600. The average molecular weight is 538 g/mol. The van der Waals surface area contributed by atoms with E-state index in [1.165, 1.54) is 59.0 Å². The maximum atomic E-state index is 13.0. The molecule has 0 radical (unpaired) electrons. The molecule has 2 heterocycles. The van der Waals surface area contributed by atoms with Crippen molar-refractivity contribution in [1.29, 1.82) is 0 Å². The van der Waals surface area contributed by atoms with Crippen LogP contribution in [-0.4, -0.2) is 69.4 Å². The number of carbonyl (C=O) groups excluding carboxylic acids is 3. The number of nitrogens with zero attached hydrogens (tertiary/aromatic N) is 2. The van der Waals surface area contributed by atoms with Crippen LogP contribution in [0.25, 0.3) is 0 Å². The summed E-state index contributed by atoms with van der Waals surface area (Å²) in [5.41, 5.74) is 1.24. The van der Waals surface area contributed by atoms with Crippen molar-refractivity contribution in [1.82, 2.24) is 9.21 Å². The van der Waals surface area contributed by atoms with Gasteiger partial charge < -0.3 is 19.7 Å². The molecule has 2 amide bonds. The Morgan fingerprint density at radius 2 is 1.81 bits per heavy atom. The monoisotopic (exact) mass is 537 g/mol. The number of nitrogens with one attached hydrogen (secondary N) is 1. The van der Waals surface area contributed by atoms with Crippen LogP contribution in [0, 0.1) is 0 Å². The van der Waals surface area contributed by atoms with Crippen LogP contribution in [0.2, 0.25) is 0 Å². The fourth-order valence-electron chi connectivity index (χ4n) is 3.98. The summed E-state index contributed by atoms with van der Waals surface area (Å²) in [6.07, 6.45) is 1.59. The van der Waals surface area contributed by atoms with E-state index < -0.39 is 28.0 Å². The average Bonchev–Trinajstić information content (AvgIpc) is 3.24. The number of rotatable bonds is 9.